The van der Waals surface area contributed by atoms with E-state index in [4.69, 9.17) is 23.2 Å². The van der Waals surface area contributed by atoms with Crippen molar-refractivity contribution in [3.05, 3.63) is 22.2 Å². The smallest absolute Gasteiger partial charge is 0.0844 e. The molecule has 0 radical (unpaired) electrons. The lowest BCUT2D eigenvalue weighted by Gasteiger charge is -2.43. The summed E-state index contributed by atoms with van der Waals surface area (Å²) in [5.41, 5.74) is 2.16. The number of rotatable bonds is 0. The lowest BCUT2D eigenvalue weighted by molar-refractivity contribution is 0.349. The molecule has 0 atom stereocenters. The summed E-state index contributed by atoms with van der Waals surface area (Å²) in [7, 11) is 0. The molecule has 1 aromatic rings. The molecule has 3 N–H and O–H groups in total. The van der Waals surface area contributed by atoms with Crippen LogP contribution in [0.5, 0.6) is 0 Å². The average Bonchev–Trinajstić information content (AvgIpc) is 2.35. The first-order valence-electron chi connectivity index (χ1n) is 5.91. The maximum Gasteiger partial charge on any atom is 0.0844 e. The second kappa shape index (κ2) is 4.23. The molecular formula is C12H15Cl2N3. The van der Waals surface area contributed by atoms with Gasteiger partial charge in [-0.3, -0.25) is 0 Å². The Balaban J connectivity index is 1.93. The van der Waals surface area contributed by atoms with E-state index in [1.54, 1.807) is 0 Å². The molecule has 2 aliphatic heterocycles. The minimum absolute atomic E-state index is 0.162. The number of benzene rings is 1. The number of hydrogen-bond acceptors (Lipinski definition) is 3. The van der Waals surface area contributed by atoms with Gasteiger partial charge in [-0.2, -0.15) is 0 Å². The van der Waals surface area contributed by atoms with Crippen molar-refractivity contribution >= 4 is 34.6 Å². The maximum absolute atomic E-state index is 6.19. The van der Waals surface area contributed by atoms with E-state index in [1.807, 2.05) is 12.1 Å². The summed E-state index contributed by atoms with van der Waals surface area (Å²) in [6.07, 6.45) is 2.25. The van der Waals surface area contributed by atoms with Gasteiger partial charge >= 0.3 is 0 Å². The number of nitrogens with one attached hydrogen (secondary N) is 3. The summed E-state index contributed by atoms with van der Waals surface area (Å²) in [6, 6.07) is 3.84. The summed E-state index contributed by atoms with van der Waals surface area (Å²) in [4.78, 5) is 0. The molecule has 1 saturated heterocycles. The molecule has 0 saturated carbocycles. The quantitative estimate of drug-likeness (QED) is 0.679. The van der Waals surface area contributed by atoms with Crippen LogP contribution in [0.2, 0.25) is 10.0 Å². The van der Waals surface area contributed by atoms with Crippen LogP contribution in [0.15, 0.2) is 12.1 Å². The first kappa shape index (κ1) is 11.5. The van der Waals surface area contributed by atoms with Gasteiger partial charge in [-0.05, 0) is 38.1 Å². The van der Waals surface area contributed by atoms with Gasteiger partial charge in [-0.15, -0.1) is 0 Å². The van der Waals surface area contributed by atoms with Gasteiger partial charge in [0.1, 0.15) is 0 Å². The van der Waals surface area contributed by atoms with Crippen LogP contribution in [-0.2, 0) is 0 Å². The van der Waals surface area contributed by atoms with Gasteiger partial charge in [0.05, 0.1) is 27.0 Å². The first-order chi connectivity index (χ1) is 8.20. The molecule has 17 heavy (non-hydrogen) atoms. The topological polar surface area (TPSA) is 36.1 Å². The van der Waals surface area contributed by atoms with Crippen LogP contribution in [-0.4, -0.2) is 25.2 Å². The standard InChI is InChI=1S/C12H15Cl2N3/c13-8-1-2-9-11(10(8)14)16-7-12(17-9)3-5-15-6-4-12/h1-2,15-17H,3-7H2. The Labute approximate surface area is 111 Å². The molecule has 3 rings (SSSR count). The van der Waals surface area contributed by atoms with Crippen molar-refractivity contribution in [1.82, 2.24) is 5.32 Å². The maximum atomic E-state index is 6.19. The van der Waals surface area contributed by atoms with Crippen molar-refractivity contribution in [2.45, 2.75) is 18.4 Å². The Morgan fingerprint density at radius 1 is 1.12 bits per heavy atom. The molecule has 5 heteroatoms. The SMILES string of the molecule is Clc1ccc2c(c1Cl)NCC1(CCNCC1)N2. The van der Waals surface area contributed by atoms with E-state index in [9.17, 15) is 0 Å². The molecule has 2 heterocycles. The van der Waals surface area contributed by atoms with Gasteiger partial charge in [0.15, 0.2) is 0 Å². The highest BCUT2D eigenvalue weighted by molar-refractivity contribution is 6.44. The molecule has 1 fully saturated rings. The fourth-order valence-corrected chi connectivity index (χ4v) is 3.01. The Hall–Kier alpha value is -0.640. The molecule has 0 aliphatic carbocycles. The molecule has 0 amide bonds. The van der Waals surface area contributed by atoms with E-state index in [0.717, 1.165) is 43.9 Å². The van der Waals surface area contributed by atoms with Crippen molar-refractivity contribution in [2.75, 3.05) is 30.3 Å². The molecule has 1 aromatic carbocycles. The van der Waals surface area contributed by atoms with Crippen molar-refractivity contribution in [3.8, 4) is 0 Å². The van der Waals surface area contributed by atoms with Crippen molar-refractivity contribution in [1.29, 1.82) is 0 Å². The Bertz CT molecular complexity index is 442. The van der Waals surface area contributed by atoms with E-state index in [-0.39, 0.29) is 5.54 Å². The zero-order chi connectivity index (χ0) is 11.9. The van der Waals surface area contributed by atoms with Gasteiger partial charge in [-0.25, -0.2) is 0 Å². The Morgan fingerprint density at radius 3 is 2.65 bits per heavy atom. The number of piperidine rings is 1. The third kappa shape index (κ3) is 1.96. The number of hydrogen-bond donors (Lipinski definition) is 3. The monoisotopic (exact) mass is 271 g/mol. The summed E-state index contributed by atoms with van der Waals surface area (Å²) in [6.45, 7) is 3.03. The van der Waals surface area contributed by atoms with Crippen LogP contribution in [0.4, 0.5) is 11.4 Å². The second-order valence-electron chi connectivity index (χ2n) is 4.79. The average molecular weight is 272 g/mol. The van der Waals surface area contributed by atoms with Crippen LogP contribution in [0.3, 0.4) is 0 Å². The van der Waals surface area contributed by atoms with E-state index >= 15 is 0 Å². The molecule has 1 spiro atoms. The van der Waals surface area contributed by atoms with Crippen LogP contribution in [0.1, 0.15) is 12.8 Å². The molecule has 0 aromatic heterocycles. The largest absolute Gasteiger partial charge is 0.380 e. The van der Waals surface area contributed by atoms with E-state index < -0.39 is 0 Å². The lowest BCUT2D eigenvalue weighted by atomic mass is 9.86. The fourth-order valence-electron chi connectivity index (χ4n) is 2.62. The third-order valence-electron chi connectivity index (χ3n) is 3.66. The normalized spacial score (nSPS) is 21.5. The molecule has 3 nitrogen and oxygen atoms in total. The van der Waals surface area contributed by atoms with E-state index in [2.05, 4.69) is 16.0 Å². The van der Waals surface area contributed by atoms with Gasteiger partial charge in [0.2, 0.25) is 0 Å². The molecule has 2 aliphatic rings. The highest BCUT2D eigenvalue weighted by atomic mass is 35.5. The van der Waals surface area contributed by atoms with Crippen molar-refractivity contribution in [3.63, 3.8) is 0 Å². The summed E-state index contributed by atoms with van der Waals surface area (Å²) in [5.74, 6) is 0. The van der Waals surface area contributed by atoms with Gasteiger partial charge in [-0.1, -0.05) is 23.2 Å². The number of fused-ring (bicyclic) bond motifs is 1. The molecule has 0 unspecified atom stereocenters. The summed E-state index contributed by atoms with van der Waals surface area (Å²) < 4.78 is 0. The summed E-state index contributed by atoms with van der Waals surface area (Å²) in [5, 5.41) is 11.7. The highest BCUT2D eigenvalue weighted by Crippen LogP contribution is 2.41. The van der Waals surface area contributed by atoms with Gasteiger partial charge in [0.25, 0.3) is 0 Å². The molecule has 92 valence electrons. The van der Waals surface area contributed by atoms with Gasteiger partial charge < -0.3 is 16.0 Å². The molecule has 0 bridgehead atoms. The molecular weight excluding hydrogens is 257 g/mol. The predicted molar refractivity (Wildman–Crippen MR) is 73.4 cm³/mol. The lowest BCUT2D eigenvalue weighted by Crippen LogP contribution is -2.54. The Kier molecular flexibility index (Phi) is 2.85. The number of anilines is 2. The van der Waals surface area contributed by atoms with Crippen molar-refractivity contribution in [2.24, 2.45) is 0 Å². The van der Waals surface area contributed by atoms with E-state index in [1.165, 1.54) is 0 Å². The van der Waals surface area contributed by atoms with Crippen LogP contribution in [0.25, 0.3) is 0 Å². The third-order valence-corrected chi connectivity index (χ3v) is 4.46. The minimum atomic E-state index is 0.162. The highest BCUT2D eigenvalue weighted by Gasteiger charge is 2.35. The van der Waals surface area contributed by atoms with Crippen LogP contribution < -0.4 is 16.0 Å². The van der Waals surface area contributed by atoms with Gasteiger partial charge in [0, 0.05) is 6.54 Å². The summed E-state index contributed by atoms with van der Waals surface area (Å²) >= 11 is 12.2. The zero-order valence-electron chi connectivity index (χ0n) is 9.45. The van der Waals surface area contributed by atoms with E-state index in [0.29, 0.717) is 10.0 Å². The predicted octanol–water partition coefficient (Wildman–Crippen LogP) is 2.95. The van der Waals surface area contributed by atoms with Crippen LogP contribution in [0, 0.1) is 0 Å². The van der Waals surface area contributed by atoms with Crippen LogP contribution >= 0.6 is 23.2 Å². The van der Waals surface area contributed by atoms with Crippen molar-refractivity contribution < 1.29 is 0 Å². The number of halogens is 2. The second-order valence-corrected chi connectivity index (χ2v) is 5.58. The first-order valence-corrected chi connectivity index (χ1v) is 6.67. The zero-order valence-corrected chi connectivity index (χ0v) is 11.0. The minimum Gasteiger partial charge on any atom is -0.380 e. The Morgan fingerprint density at radius 2 is 1.88 bits per heavy atom. The fraction of sp³-hybridized carbons (Fsp3) is 0.500.